The molecular formula is C24H23N3O. The highest BCUT2D eigenvalue weighted by molar-refractivity contribution is 5.88. The Labute approximate surface area is 163 Å². The molecule has 0 amide bonds. The van der Waals surface area contributed by atoms with Crippen molar-refractivity contribution in [2.24, 2.45) is 0 Å². The number of H-pyrrole nitrogens is 2. The normalized spacial score (nSPS) is 12.0. The number of hydrogen-bond donors (Lipinski definition) is 2. The summed E-state index contributed by atoms with van der Waals surface area (Å²) in [6.07, 6.45) is 4.23. The number of aromatic nitrogens is 2. The summed E-state index contributed by atoms with van der Waals surface area (Å²) in [5.41, 5.74) is 4.74. The van der Waals surface area contributed by atoms with Gasteiger partial charge in [0.15, 0.2) is 0 Å². The molecule has 0 atom stereocenters. The fourth-order valence-corrected chi connectivity index (χ4v) is 4.09. The monoisotopic (exact) mass is 369 g/mol. The summed E-state index contributed by atoms with van der Waals surface area (Å²) >= 11 is 0. The number of benzene rings is 2. The van der Waals surface area contributed by atoms with Crippen LogP contribution in [0.15, 0.2) is 77.5 Å². The van der Waals surface area contributed by atoms with Gasteiger partial charge < -0.3 is 19.3 Å². The number of aromatic amines is 2. The van der Waals surface area contributed by atoms with E-state index in [0.29, 0.717) is 0 Å². The van der Waals surface area contributed by atoms with Gasteiger partial charge in [0.2, 0.25) is 0 Å². The predicted octanol–water partition coefficient (Wildman–Crippen LogP) is 5.48. The molecule has 140 valence electrons. The van der Waals surface area contributed by atoms with E-state index in [1.54, 1.807) is 0 Å². The van der Waals surface area contributed by atoms with Crippen molar-refractivity contribution in [3.05, 3.63) is 95.7 Å². The second kappa shape index (κ2) is 6.73. The highest BCUT2D eigenvalue weighted by Gasteiger charge is 2.26. The van der Waals surface area contributed by atoms with Crippen LogP contribution in [-0.2, 0) is 6.54 Å². The van der Waals surface area contributed by atoms with Crippen molar-refractivity contribution in [2.75, 3.05) is 14.1 Å². The molecule has 0 aliphatic rings. The highest BCUT2D eigenvalue weighted by atomic mass is 16.3. The maximum Gasteiger partial charge on any atom is 0.118 e. The Morgan fingerprint density at radius 3 is 1.93 bits per heavy atom. The van der Waals surface area contributed by atoms with E-state index >= 15 is 0 Å². The van der Waals surface area contributed by atoms with E-state index in [1.165, 1.54) is 21.9 Å². The summed E-state index contributed by atoms with van der Waals surface area (Å²) in [6, 6.07) is 21.1. The van der Waals surface area contributed by atoms with E-state index < -0.39 is 0 Å². The molecule has 2 N–H and O–H groups in total. The first-order valence-corrected chi connectivity index (χ1v) is 9.56. The molecule has 0 fully saturated rings. The van der Waals surface area contributed by atoms with Crippen LogP contribution >= 0.6 is 0 Å². The van der Waals surface area contributed by atoms with Crippen LogP contribution in [0, 0.1) is 0 Å². The van der Waals surface area contributed by atoms with Gasteiger partial charge in [0.1, 0.15) is 11.5 Å². The van der Waals surface area contributed by atoms with E-state index in [2.05, 4.69) is 102 Å². The molecule has 5 rings (SSSR count). The Morgan fingerprint density at radius 1 is 0.786 bits per heavy atom. The average Bonchev–Trinajstić information content (AvgIpc) is 3.42. The summed E-state index contributed by atoms with van der Waals surface area (Å²) in [5, 5.41) is 2.45. The number of nitrogens with one attached hydrogen (secondary N) is 2. The van der Waals surface area contributed by atoms with Crippen LogP contribution in [0.5, 0.6) is 0 Å². The zero-order valence-electron chi connectivity index (χ0n) is 16.1. The zero-order valence-corrected chi connectivity index (χ0v) is 16.1. The van der Waals surface area contributed by atoms with Crippen molar-refractivity contribution in [2.45, 2.75) is 12.5 Å². The molecule has 0 saturated heterocycles. The highest BCUT2D eigenvalue weighted by Crippen LogP contribution is 2.40. The minimum atomic E-state index is 0.0169. The van der Waals surface area contributed by atoms with E-state index in [0.717, 1.165) is 29.1 Å². The summed E-state index contributed by atoms with van der Waals surface area (Å²) < 4.78 is 6.33. The van der Waals surface area contributed by atoms with Gasteiger partial charge >= 0.3 is 0 Å². The van der Waals surface area contributed by atoms with Gasteiger partial charge in [-0.15, -0.1) is 0 Å². The van der Waals surface area contributed by atoms with Gasteiger partial charge in [0.05, 0.1) is 12.5 Å². The number of rotatable bonds is 5. The zero-order chi connectivity index (χ0) is 19.1. The smallest absolute Gasteiger partial charge is 0.118 e. The van der Waals surface area contributed by atoms with Crippen LogP contribution in [0.25, 0.3) is 21.8 Å². The quantitative estimate of drug-likeness (QED) is 0.431. The fourth-order valence-electron chi connectivity index (χ4n) is 4.09. The molecule has 3 aromatic heterocycles. The van der Waals surface area contributed by atoms with Crippen molar-refractivity contribution in [3.63, 3.8) is 0 Å². The third kappa shape index (κ3) is 2.83. The Morgan fingerprint density at radius 2 is 1.36 bits per heavy atom. The Balaban J connectivity index is 1.72. The molecule has 0 bridgehead atoms. The lowest BCUT2D eigenvalue weighted by molar-refractivity contribution is 0.341. The topological polar surface area (TPSA) is 48.0 Å². The van der Waals surface area contributed by atoms with E-state index in [-0.39, 0.29) is 5.92 Å². The molecule has 5 aromatic rings. The Bertz CT molecular complexity index is 1170. The van der Waals surface area contributed by atoms with Crippen molar-refractivity contribution in [3.8, 4) is 0 Å². The van der Waals surface area contributed by atoms with Crippen molar-refractivity contribution >= 4 is 21.8 Å². The van der Waals surface area contributed by atoms with Crippen LogP contribution < -0.4 is 0 Å². The van der Waals surface area contributed by atoms with Gasteiger partial charge in [0, 0.05) is 34.2 Å². The predicted molar refractivity (Wildman–Crippen MR) is 114 cm³/mol. The molecule has 0 unspecified atom stereocenters. The standard InChI is InChI=1S/C24H23N3O/c1-27(2)15-16-11-12-23(28-16)24(19-13-25-21-9-5-3-7-17(19)21)20-14-26-22-10-6-4-8-18(20)22/h3-14,24-26H,15H2,1-2H3. The number of nitrogens with zero attached hydrogens (tertiary/aromatic N) is 1. The van der Waals surface area contributed by atoms with Crippen molar-refractivity contribution < 1.29 is 4.42 Å². The number of hydrogen-bond acceptors (Lipinski definition) is 2. The van der Waals surface area contributed by atoms with Crippen molar-refractivity contribution in [1.82, 2.24) is 14.9 Å². The molecule has 0 aliphatic heterocycles. The van der Waals surface area contributed by atoms with Gasteiger partial charge in [-0.3, -0.25) is 0 Å². The SMILES string of the molecule is CN(C)Cc1ccc(C(c2c[nH]c3ccccc23)c2c[nH]c3ccccc23)o1. The van der Waals surface area contributed by atoms with Crippen LogP contribution in [-0.4, -0.2) is 29.0 Å². The molecule has 3 heterocycles. The lowest BCUT2D eigenvalue weighted by atomic mass is 9.88. The van der Waals surface area contributed by atoms with Gasteiger partial charge in [-0.1, -0.05) is 36.4 Å². The fraction of sp³-hybridized carbons (Fsp3) is 0.167. The van der Waals surface area contributed by atoms with Gasteiger partial charge in [-0.25, -0.2) is 0 Å². The first kappa shape index (κ1) is 16.9. The lowest BCUT2D eigenvalue weighted by Gasteiger charge is -2.15. The third-order valence-corrected chi connectivity index (χ3v) is 5.30. The maximum absolute atomic E-state index is 6.33. The summed E-state index contributed by atoms with van der Waals surface area (Å²) in [7, 11) is 4.11. The molecule has 4 nitrogen and oxygen atoms in total. The van der Waals surface area contributed by atoms with Crippen LogP contribution in [0.4, 0.5) is 0 Å². The second-order valence-corrected chi connectivity index (χ2v) is 7.55. The van der Waals surface area contributed by atoms with E-state index in [1.807, 2.05) is 0 Å². The molecule has 0 aliphatic carbocycles. The summed E-state index contributed by atoms with van der Waals surface area (Å²) in [4.78, 5) is 8.97. The summed E-state index contributed by atoms with van der Waals surface area (Å²) in [5.74, 6) is 1.96. The Hall–Kier alpha value is -3.24. The largest absolute Gasteiger partial charge is 0.464 e. The minimum Gasteiger partial charge on any atom is -0.464 e. The molecule has 4 heteroatoms. The van der Waals surface area contributed by atoms with Crippen LogP contribution in [0.2, 0.25) is 0 Å². The number of fused-ring (bicyclic) bond motifs is 2. The molecule has 2 aromatic carbocycles. The third-order valence-electron chi connectivity index (χ3n) is 5.30. The number of furan rings is 1. The van der Waals surface area contributed by atoms with Gasteiger partial charge in [0.25, 0.3) is 0 Å². The van der Waals surface area contributed by atoms with Crippen LogP contribution in [0.1, 0.15) is 28.6 Å². The summed E-state index contributed by atoms with van der Waals surface area (Å²) in [6.45, 7) is 0.786. The molecular weight excluding hydrogens is 346 g/mol. The number of para-hydroxylation sites is 2. The molecule has 0 spiro atoms. The second-order valence-electron chi connectivity index (χ2n) is 7.55. The average molecular weight is 369 g/mol. The molecule has 0 saturated carbocycles. The van der Waals surface area contributed by atoms with Gasteiger partial charge in [-0.05, 0) is 49.5 Å². The van der Waals surface area contributed by atoms with Crippen molar-refractivity contribution in [1.29, 1.82) is 0 Å². The molecule has 28 heavy (non-hydrogen) atoms. The Kier molecular flexibility index (Phi) is 4.06. The first-order valence-electron chi connectivity index (χ1n) is 9.56. The maximum atomic E-state index is 6.33. The lowest BCUT2D eigenvalue weighted by Crippen LogP contribution is -2.09. The first-order chi connectivity index (χ1) is 13.7. The van der Waals surface area contributed by atoms with Crippen LogP contribution in [0.3, 0.4) is 0 Å². The van der Waals surface area contributed by atoms with E-state index in [4.69, 9.17) is 4.42 Å². The minimum absolute atomic E-state index is 0.0169. The molecule has 0 radical (unpaired) electrons. The van der Waals surface area contributed by atoms with Gasteiger partial charge in [-0.2, -0.15) is 0 Å². The van der Waals surface area contributed by atoms with E-state index in [9.17, 15) is 0 Å².